The number of aliphatic hydroxyl groups is 1. The van der Waals surface area contributed by atoms with Gasteiger partial charge in [0, 0.05) is 0 Å². The molecule has 0 radical (unpaired) electrons. The average Bonchev–Trinajstić information content (AvgIpc) is 2.24. The van der Waals surface area contributed by atoms with E-state index in [1.54, 1.807) is 0 Å². The van der Waals surface area contributed by atoms with Crippen LogP contribution in [0.3, 0.4) is 0 Å². The summed E-state index contributed by atoms with van der Waals surface area (Å²) in [7, 11) is 0. The Bertz CT molecular complexity index is 439. The number of fused-ring (bicyclic) bond motifs is 3. The zero-order valence-electron chi connectivity index (χ0n) is 8.48. The van der Waals surface area contributed by atoms with Crippen molar-refractivity contribution in [1.82, 2.24) is 0 Å². The molecule has 0 aromatic heterocycles. The predicted molar refractivity (Wildman–Crippen MR) is 46.3 cm³/mol. The van der Waals surface area contributed by atoms with Crippen LogP contribution in [0.2, 0.25) is 0 Å². The van der Waals surface area contributed by atoms with Crippen LogP contribution >= 0.6 is 0 Å². The third-order valence-corrected chi connectivity index (χ3v) is 8.99. The number of nitrogens with zero attached hydrogens (tertiary/aromatic N) is 1. The third-order valence-electron chi connectivity index (χ3n) is 2.14. The van der Waals surface area contributed by atoms with Gasteiger partial charge in [-0.15, -0.1) is 0 Å². The molecule has 0 saturated carbocycles. The molecule has 0 spiro atoms. The van der Waals surface area contributed by atoms with Crippen molar-refractivity contribution in [2.45, 2.75) is 18.4 Å². The zero-order chi connectivity index (χ0) is 13.6. The first-order valence-corrected chi connectivity index (χ1v) is 10.8. The van der Waals surface area contributed by atoms with Crippen molar-refractivity contribution in [3.05, 3.63) is 10.1 Å². The van der Waals surface area contributed by atoms with Crippen LogP contribution in [0.25, 0.3) is 0 Å². The van der Waals surface area contributed by atoms with Gasteiger partial charge < -0.3 is 0 Å². The monoisotopic (exact) mass is 459 g/mol. The maximum atomic E-state index is 11.5. The van der Waals surface area contributed by atoms with Gasteiger partial charge in [-0.05, 0) is 0 Å². The molecule has 2 bridgehead atoms. The average molecular weight is 458 g/mol. The fraction of sp³-hybridized carbons (Fsp3) is 0.500. The molecule has 2 fully saturated rings. The van der Waals surface area contributed by atoms with Crippen LogP contribution in [-0.2, 0) is 25.2 Å². The van der Waals surface area contributed by atoms with E-state index in [9.17, 15) is 29.6 Å². The molecule has 2 saturated heterocycles. The van der Waals surface area contributed by atoms with Gasteiger partial charge >= 0.3 is 105 Å². The van der Waals surface area contributed by atoms with Crippen molar-refractivity contribution in [2.75, 3.05) is 0 Å². The second-order valence-corrected chi connectivity index (χ2v) is 10.5. The molecule has 98 valence electrons. The fourth-order valence-electron chi connectivity index (χ4n) is 1.45. The second-order valence-electron chi connectivity index (χ2n) is 3.54. The van der Waals surface area contributed by atoms with E-state index in [1.807, 2.05) is 0 Å². The van der Waals surface area contributed by atoms with Crippen molar-refractivity contribution in [2.24, 2.45) is 0 Å². The molecule has 2 aliphatic heterocycles. The molecule has 0 aromatic carbocycles. The van der Waals surface area contributed by atoms with Crippen molar-refractivity contribution >= 4 is 40.9 Å². The van der Waals surface area contributed by atoms with Crippen LogP contribution < -0.4 is 0 Å². The zero-order valence-corrected chi connectivity index (χ0v) is 12.4. The molecule has 0 unspecified atom stereocenters. The Balaban J connectivity index is 2.45. The summed E-state index contributed by atoms with van der Waals surface area (Å²) in [6.45, 7) is 0. The summed E-state index contributed by atoms with van der Waals surface area (Å²) in [5, 5.41) is 18.7. The summed E-state index contributed by atoms with van der Waals surface area (Å²) in [6, 6.07) is 0. The van der Waals surface area contributed by atoms with Crippen LogP contribution in [0.15, 0.2) is 0 Å². The van der Waals surface area contributed by atoms with E-state index < -0.39 is 64.4 Å². The standard InChI is InChI=1S/C6H8O7.NO3.Pb/c7-3(8)1-6(13,5(11)12)2-4(9)10;2-1(3)4;/h13H,1-2H2,(H,7,8)(H,9,10)(H,11,12);;/q;-1;+4/p-3. The number of carbonyl (C=O) groups is 3. The number of carbonyl (C=O) groups excluding carboxylic acids is 3. The van der Waals surface area contributed by atoms with Crippen molar-refractivity contribution < 1.29 is 35.4 Å². The number of hydrogen-bond donors (Lipinski definition) is 1. The molecule has 2 rings (SSSR count). The van der Waals surface area contributed by atoms with E-state index in [0.717, 1.165) is 0 Å². The fourth-order valence-corrected chi connectivity index (χ4v) is 7.43. The van der Waals surface area contributed by atoms with E-state index in [0.29, 0.717) is 0 Å². The van der Waals surface area contributed by atoms with Gasteiger partial charge in [-0.25, -0.2) is 0 Å². The van der Waals surface area contributed by atoms with Gasteiger partial charge in [-0.1, -0.05) is 0 Å². The Morgan fingerprint density at radius 1 is 1.22 bits per heavy atom. The summed E-state index contributed by atoms with van der Waals surface area (Å²) >= 11 is -5.89. The quantitative estimate of drug-likeness (QED) is 0.274. The van der Waals surface area contributed by atoms with E-state index in [1.165, 1.54) is 0 Å². The first kappa shape index (κ1) is 12.9. The molecule has 2 aliphatic rings. The molecular weight excluding hydrogens is 453 g/mol. The van der Waals surface area contributed by atoms with Gasteiger partial charge in [-0.3, -0.25) is 0 Å². The molecule has 1 N–H and O–H groups in total. The Morgan fingerprint density at radius 2 is 1.72 bits per heavy atom. The first-order valence-electron chi connectivity index (χ1n) is 4.48. The summed E-state index contributed by atoms with van der Waals surface area (Å²) in [6.07, 6.45) is -1.71. The van der Waals surface area contributed by atoms with E-state index in [-0.39, 0.29) is 0 Å². The molecule has 2 heterocycles. The number of hydrogen-bond acceptors (Lipinski definition) is 10. The van der Waals surface area contributed by atoms with Crippen LogP contribution in [0.1, 0.15) is 12.8 Å². The maximum absolute atomic E-state index is 11.5. The molecule has 0 aliphatic carbocycles. The Morgan fingerprint density at radius 3 is 2.17 bits per heavy atom. The molecule has 12 heteroatoms. The van der Waals surface area contributed by atoms with Gasteiger partial charge in [0.25, 0.3) is 0 Å². The Hall–Kier alpha value is -1.51. The van der Waals surface area contributed by atoms with Crippen molar-refractivity contribution in [1.29, 1.82) is 0 Å². The molecule has 18 heavy (non-hydrogen) atoms. The minimum absolute atomic E-state index is 0.857. The van der Waals surface area contributed by atoms with Crippen molar-refractivity contribution in [3.63, 3.8) is 0 Å². The van der Waals surface area contributed by atoms with E-state index in [2.05, 4.69) is 10.8 Å². The molecule has 0 atom stereocenters. The summed E-state index contributed by atoms with van der Waals surface area (Å²) in [5.74, 6) is -3.73. The summed E-state index contributed by atoms with van der Waals surface area (Å²) < 4.78 is 17.4. The van der Waals surface area contributed by atoms with Gasteiger partial charge in [0.05, 0.1) is 0 Å². The summed E-state index contributed by atoms with van der Waals surface area (Å²) in [5.41, 5.74) is -2.44. The normalized spacial score (nSPS) is 34.8. The van der Waals surface area contributed by atoms with Crippen LogP contribution in [-0.4, -0.2) is 56.7 Å². The topological polar surface area (TPSA) is 152 Å². The molecule has 0 amide bonds. The van der Waals surface area contributed by atoms with Crippen LogP contribution in [0.5, 0.6) is 0 Å². The molecular formula is C6H5NO10Pb. The third kappa shape index (κ3) is 2.22. The summed E-state index contributed by atoms with van der Waals surface area (Å²) in [4.78, 5) is 44.4. The number of rotatable bonds is 2. The minimum atomic E-state index is -5.89. The van der Waals surface area contributed by atoms with Gasteiger partial charge in [0.2, 0.25) is 0 Å². The van der Waals surface area contributed by atoms with E-state index in [4.69, 9.17) is 0 Å². The van der Waals surface area contributed by atoms with Crippen LogP contribution in [0.4, 0.5) is 0 Å². The second kappa shape index (κ2) is 4.01. The van der Waals surface area contributed by atoms with E-state index >= 15 is 0 Å². The first-order chi connectivity index (χ1) is 8.25. The Labute approximate surface area is 105 Å². The molecule has 0 aromatic rings. The van der Waals surface area contributed by atoms with Crippen LogP contribution in [0, 0.1) is 10.1 Å². The Kier molecular flexibility index (Phi) is 2.88. The van der Waals surface area contributed by atoms with Gasteiger partial charge in [0.15, 0.2) is 0 Å². The van der Waals surface area contributed by atoms with Crippen molar-refractivity contribution in [3.8, 4) is 0 Å². The SMILES string of the molecule is O=C1CC2(O)CC(=O)[O][Pb]([O][N+](=O)[O-])([O]1)[O]C2=O. The van der Waals surface area contributed by atoms with Gasteiger partial charge in [0.1, 0.15) is 0 Å². The van der Waals surface area contributed by atoms with Gasteiger partial charge in [-0.2, -0.15) is 0 Å². The molecule has 11 nitrogen and oxygen atoms in total. The predicted octanol–water partition coefficient (Wildman–Crippen LogP) is -2.20.